The number of likely N-dealkylation sites (N-methyl/N-ethyl adjacent to an activating group) is 1. The summed E-state index contributed by atoms with van der Waals surface area (Å²) in [5, 5.41) is 3.20. The summed E-state index contributed by atoms with van der Waals surface area (Å²) in [6, 6.07) is 0.511. The van der Waals surface area contributed by atoms with E-state index in [0.29, 0.717) is 6.04 Å². The molecule has 1 N–H and O–H groups in total. The fraction of sp³-hybridized carbons (Fsp3) is 0.750. The Morgan fingerprint density at radius 1 is 1.50 bits per heavy atom. The highest BCUT2D eigenvalue weighted by molar-refractivity contribution is 4.87. The second kappa shape index (κ2) is 4.47. The van der Waals surface area contributed by atoms with Crippen LogP contribution in [0.15, 0.2) is 12.2 Å². The molecule has 2 nitrogen and oxygen atoms in total. The normalized spacial score (nSPS) is 30.7. The van der Waals surface area contributed by atoms with Crippen molar-refractivity contribution in [2.75, 3.05) is 20.3 Å². The molecule has 1 aliphatic heterocycles. The summed E-state index contributed by atoms with van der Waals surface area (Å²) >= 11 is 0. The molecule has 0 saturated carbocycles. The molecular formula is C8H15NO. The van der Waals surface area contributed by atoms with Gasteiger partial charge < -0.3 is 10.1 Å². The summed E-state index contributed by atoms with van der Waals surface area (Å²) in [5.74, 6) is 0. The van der Waals surface area contributed by atoms with Crippen molar-refractivity contribution in [3.63, 3.8) is 0 Å². The van der Waals surface area contributed by atoms with Crippen molar-refractivity contribution in [3.8, 4) is 0 Å². The van der Waals surface area contributed by atoms with Crippen molar-refractivity contribution >= 4 is 0 Å². The molecule has 1 heterocycles. The van der Waals surface area contributed by atoms with Gasteiger partial charge in [0.15, 0.2) is 0 Å². The molecule has 0 saturated heterocycles. The van der Waals surface area contributed by atoms with Gasteiger partial charge in [0.2, 0.25) is 0 Å². The lowest BCUT2D eigenvalue weighted by Gasteiger charge is -2.15. The van der Waals surface area contributed by atoms with Crippen LogP contribution in [-0.2, 0) is 4.74 Å². The van der Waals surface area contributed by atoms with Gasteiger partial charge in [-0.2, -0.15) is 0 Å². The van der Waals surface area contributed by atoms with E-state index in [4.69, 9.17) is 4.74 Å². The van der Waals surface area contributed by atoms with Crippen molar-refractivity contribution in [1.29, 1.82) is 0 Å². The summed E-state index contributed by atoms with van der Waals surface area (Å²) in [6.45, 7) is 1.72. The van der Waals surface area contributed by atoms with E-state index in [-0.39, 0.29) is 0 Å². The molecule has 0 aliphatic carbocycles. The Morgan fingerprint density at radius 2 is 2.40 bits per heavy atom. The standard InChI is InChI=1S/C8H15NO/c1-9-8-5-3-2-4-6-10-7-8/h2-3,8-9H,4-7H2,1H3/b3-2+. The first-order chi connectivity index (χ1) is 4.93. The molecule has 0 fully saturated rings. The first-order valence-electron chi connectivity index (χ1n) is 3.83. The topological polar surface area (TPSA) is 21.3 Å². The zero-order chi connectivity index (χ0) is 7.23. The van der Waals surface area contributed by atoms with Crippen LogP contribution >= 0.6 is 0 Å². The van der Waals surface area contributed by atoms with Crippen molar-refractivity contribution in [1.82, 2.24) is 5.32 Å². The van der Waals surface area contributed by atoms with Crippen LogP contribution in [0.3, 0.4) is 0 Å². The smallest absolute Gasteiger partial charge is 0.0622 e. The van der Waals surface area contributed by atoms with Crippen LogP contribution in [0.4, 0.5) is 0 Å². The van der Waals surface area contributed by atoms with Crippen LogP contribution in [-0.4, -0.2) is 26.3 Å². The molecule has 1 unspecified atom stereocenters. The molecule has 0 aromatic heterocycles. The fourth-order valence-corrected chi connectivity index (χ4v) is 1.02. The van der Waals surface area contributed by atoms with E-state index in [2.05, 4.69) is 17.5 Å². The fourth-order valence-electron chi connectivity index (χ4n) is 1.02. The molecule has 0 amide bonds. The van der Waals surface area contributed by atoms with Gasteiger partial charge in [-0.1, -0.05) is 12.2 Å². The minimum Gasteiger partial charge on any atom is -0.380 e. The van der Waals surface area contributed by atoms with E-state index in [1.165, 1.54) is 0 Å². The largest absolute Gasteiger partial charge is 0.380 e. The van der Waals surface area contributed by atoms with Gasteiger partial charge >= 0.3 is 0 Å². The predicted octanol–water partition coefficient (Wildman–Crippen LogP) is 0.941. The average molecular weight is 141 g/mol. The monoisotopic (exact) mass is 141 g/mol. The minimum atomic E-state index is 0.511. The summed E-state index contributed by atoms with van der Waals surface area (Å²) in [5.41, 5.74) is 0. The van der Waals surface area contributed by atoms with Gasteiger partial charge in [-0.05, 0) is 19.9 Å². The highest BCUT2D eigenvalue weighted by atomic mass is 16.5. The lowest BCUT2D eigenvalue weighted by atomic mass is 10.2. The van der Waals surface area contributed by atoms with Gasteiger partial charge in [0.25, 0.3) is 0 Å². The SMILES string of the molecule is CNC1C/C=C/CCOC1. The minimum absolute atomic E-state index is 0.511. The Balaban J connectivity index is 2.30. The number of hydrogen-bond acceptors (Lipinski definition) is 2. The summed E-state index contributed by atoms with van der Waals surface area (Å²) in [4.78, 5) is 0. The van der Waals surface area contributed by atoms with E-state index in [1.54, 1.807) is 0 Å². The van der Waals surface area contributed by atoms with E-state index >= 15 is 0 Å². The third-order valence-corrected chi connectivity index (χ3v) is 1.74. The molecule has 1 atom stereocenters. The van der Waals surface area contributed by atoms with Crippen LogP contribution in [0.2, 0.25) is 0 Å². The second-order valence-corrected chi connectivity index (χ2v) is 2.56. The first-order valence-corrected chi connectivity index (χ1v) is 3.83. The molecule has 0 spiro atoms. The number of ether oxygens (including phenoxy) is 1. The van der Waals surface area contributed by atoms with Crippen LogP contribution in [0.1, 0.15) is 12.8 Å². The number of hydrogen-bond donors (Lipinski definition) is 1. The van der Waals surface area contributed by atoms with Crippen molar-refractivity contribution in [3.05, 3.63) is 12.2 Å². The molecule has 1 aliphatic rings. The lowest BCUT2D eigenvalue weighted by Crippen LogP contribution is -2.30. The molecular weight excluding hydrogens is 126 g/mol. The summed E-state index contributed by atoms with van der Waals surface area (Å²) < 4.78 is 5.36. The third kappa shape index (κ3) is 2.50. The number of rotatable bonds is 1. The van der Waals surface area contributed by atoms with Crippen molar-refractivity contribution in [2.24, 2.45) is 0 Å². The molecule has 0 aromatic rings. The highest BCUT2D eigenvalue weighted by Gasteiger charge is 2.04. The Hall–Kier alpha value is -0.340. The van der Waals surface area contributed by atoms with Crippen LogP contribution < -0.4 is 5.32 Å². The van der Waals surface area contributed by atoms with E-state index in [1.807, 2.05) is 7.05 Å². The van der Waals surface area contributed by atoms with Gasteiger partial charge in [-0.15, -0.1) is 0 Å². The molecule has 0 aromatic carbocycles. The van der Waals surface area contributed by atoms with E-state index in [0.717, 1.165) is 26.1 Å². The highest BCUT2D eigenvalue weighted by Crippen LogP contribution is 2.00. The van der Waals surface area contributed by atoms with Crippen molar-refractivity contribution in [2.45, 2.75) is 18.9 Å². The first kappa shape index (κ1) is 7.76. The Kier molecular flexibility index (Phi) is 3.47. The van der Waals surface area contributed by atoms with E-state index < -0.39 is 0 Å². The maximum Gasteiger partial charge on any atom is 0.0622 e. The van der Waals surface area contributed by atoms with Crippen LogP contribution in [0, 0.1) is 0 Å². The molecule has 1 rings (SSSR count). The maximum atomic E-state index is 5.36. The maximum absolute atomic E-state index is 5.36. The predicted molar refractivity (Wildman–Crippen MR) is 42.0 cm³/mol. The van der Waals surface area contributed by atoms with Crippen LogP contribution in [0.25, 0.3) is 0 Å². The third-order valence-electron chi connectivity index (χ3n) is 1.74. The van der Waals surface area contributed by atoms with E-state index in [9.17, 15) is 0 Å². The molecule has 10 heavy (non-hydrogen) atoms. The van der Waals surface area contributed by atoms with Crippen LogP contribution in [0.5, 0.6) is 0 Å². The number of nitrogens with one attached hydrogen (secondary N) is 1. The molecule has 58 valence electrons. The van der Waals surface area contributed by atoms with Gasteiger partial charge in [0.1, 0.15) is 0 Å². The van der Waals surface area contributed by atoms with Gasteiger partial charge in [-0.3, -0.25) is 0 Å². The Morgan fingerprint density at radius 3 is 3.20 bits per heavy atom. The van der Waals surface area contributed by atoms with Crippen molar-refractivity contribution < 1.29 is 4.74 Å². The zero-order valence-electron chi connectivity index (χ0n) is 6.47. The van der Waals surface area contributed by atoms with Gasteiger partial charge in [-0.25, -0.2) is 0 Å². The molecule has 2 heteroatoms. The Labute approximate surface area is 62.3 Å². The van der Waals surface area contributed by atoms with Gasteiger partial charge in [0, 0.05) is 6.04 Å². The Bertz CT molecular complexity index is 112. The van der Waals surface area contributed by atoms with Gasteiger partial charge in [0.05, 0.1) is 13.2 Å². The molecule has 0 bridgehead atoms. The second-order valence-electron chi connectivity index (χ2n) is 2.56. The lowest BCUT2D eigenvalue weighted by molar-refractivity contribution is 0.115. The molecule has 0 radical (unpaired) electrons. The average Bonchev–Trinajstić information content (AvgIpc) is 1.87. The summed E-state index contributed by atoms with van der Waals surface area (Å²) in [7, 11) is 1.98. The summed E-state index contributed by atoms with van der Waals surface area (Å²) in [6.07, 6.45) is 6.57. The quantitative estimate of drug-likeness (QED) is 0.549. The zero-order valence-corrected chi connectivity index (χ0v) is 6.47.